The molecule has 0 radical (unpaired) electrons. The maximum atomic E-state index is 9.97. The molecule has 1 heterocycles. The second-order valence-electron chi connectivity index (χ2n) is 8.62. The summed E-state index contributed by atoms with van der Waals surface area (Å²) < 4.78 is 5.78. The third-order valence-corrected chi connectivity index (χ3v) is 5.96. The van der Waals surface area contributed by atoms with Crippen LogP contribution in [0.3, 0.4) is 0 Å². The Morgan fingerprint density at radius 2 is 1.04 bits per heavy atom. The van der Waals surface area contributed by atoms with E-state index in [1.165, 1.54) is 103 Å². The van der Waals surface area contributed by atoms with Crippen molar-refractivity contribution < 1.29 is 9.84 Å². The second kappa shape index (κ2) is 17.0. The lowest BCUT2D eigenvalue weighted by Gasteiger charge is -2.08. The molecule has 0 saturated carbocycles. The molecule has 0 aromatic carbocycles. The largest absolute Gasteiger partial charge is 0.393 e. The molecule has 26 heavy (non-hydrogen) atoms. The number of aliphatic hydroxyl groups is 1. The molecule has 0 amide bonds. The van der Waals surface area contributed by atoms with Crippen LogP contribution in [0.5, 0.6) is 0 Å². The fourth-order valence-corrected chi connectivity index (χ4v) is 4.00. The minimum absolute atomic E-state index is 0.0990. The van der Waals surface area contributed by atoms with Gasteiger partial charge in [0.25, 0.3) is 0 Å². The van der Waals surface area contributed by atoms with E-state index in [9.17, 15) is 5.11 Å². The zero-order valence-corrected chi connectivity index (χ0v) is 18.0. The van der Waals surface area contributed by atoms with Crippen LogP contribution < -0.4 is 0 Å². The summed E-state index contributed by atoms with van der Waals surface area (Å²) in [6.07, 6.45) is 25.7. The van der Waals surface area contributed by atoms with Crippen molar-refractivity contribution in [2.45, 2.75) is 154 Å². The average molecular weight is 369 g/mol. The standard InChI is InChI=1S/C24H48O2/c1-3-5-7-8-9-10-11-12-13-14-15-17-19-23-24(26-23)21-20-22(25)18-16-6-4-2/h22-25H,3-21H2,1-2H3. The van der Waals surface area contributed by atoms with Gasteiger partial charge in [0.15, 0.2) is 0 Å². The minimum atomic E-state index is -0.0990. The molecular weight excluding hydrogens is 320 g/mol. The first-order chi connectivity index (χ1) is 12.8. The van der Waals surface area contributed by atoms with Crippen molar-refractivity contribution in [2.75, 3.05) is 0 Å². The third kappa shape index (κ3) is 14.0. The predicted molar refractivity (Wildman–Crippen MR) is 114 cm³/mol. The molecule has 0 spiro atoms. The van der Waals surface area contributed by atoms with Crippen LogP contribution in [0.1, 0.15) is 136 Å². The maximum absolute atomic E-state index is 9.97. The predicted octanol–water partition coefficient (Wildman–Crippen LogP) is 7.57. The van der Waals surface area contributed by atoms with Crippen molar-refractivity contribution in [2.24, 2.45) is 0 Å². The Morgan fingerprint density at radius 3 is 1.62 bits per heavy atom. The van der Waals surface area contributed by atoms with E-state index in [4.69, 9.17) is 4.74 Å². The monoisotopic (exact) mass is 368 g/mol. The smallest absolute Gasteiger partial charge is 0.0842 e. The van der Waals surface area contributed by atoms with Gasteiger partial charge in [-0.15, -0.1) is 0 Å². The second-order valence-corrected chi connectivity index (χ2v) is 8.62. The van der Waals surface area contributed by atoms with Gasteiger partial charge < -0.3 is 9.84 Å². The van der Waals surface area contributed by atoms with Crippen LogP contribution in [0.15, 0.2) is 0 Å². The van der Waals surface area contributed by atoms with Crippen molar-refractivity contribution >= 4 is 0 Å². The number of hydrogen-bond acceptors (Lipinski definition) is 2. The number of ether oxygens (including phenoxy) is 1. The first kappa shape index (κ1) is 24.0. The molecule has 1 saturated heterocycles. The Bertz CT molecular complexity index is 292. The Balaban J connectivity index is 1.76. The Labute approximate surface area is 164 Å². The van der Waals surface area contributed by atoms with Crippen LogP contribution in [0, 0.1) is 0 Å². The van der Waals surface area contributed by atoms with E-state index in [1.807, 2.05) is 0 Å². The molecule has 1 fully saturated rings. The van der Waals surface area contributed by atoms with Gasteiger partial charge in [-0.25, -0.2) is 0 Å². The number of epoxide rings is 1. The van der Waals surface area contributed by atoms with Gasteiger partial charge in [-0.05, 0) is 25.7 Å². The lowest BCUT2D eigenvalue weighted by atomic mass is 10.0. The highest BCUT2D eigenvalue weighted by Crippen LogP contribution is 2.32. The average Bonchev–Trinajstić information content (AvgIpc) is 3.39. The van der Waals surface area contributed by atoms with Gasteiger partial charge >= 0.3 is 0 Å². The molecule has 1 aliphatic heterocycles. The van der Waals surface area contributed by atoms with Crippen molar-refractivity contribution in [1.29, 1.82) is 0 Å². The fourth-order valence-electron chi connectivity index (χ4n) is 4.00. The zero-order chi connectivity index (χ0) is 18.9. The van der Waals surface area contributed by atoms with Gasteiger partial charge in [-0.1, -0.05) is 110 Å². The van der Waals surface area contributed by atoms with Crippen molar-refractivity contribution in [3.63, 3.8) is 0 Å². The lowest BCUT2D eigenvalue weighted by molar-refractivity contribution is 0.144. The number of aliphatic hydroxyl groups excluding tert-OH is 1. The molecule has 3 unspecified atom stereocenters. The van der Waals surface area contributed by atoms with Crippen molar-refractivity contribution in [3.8, 4) is 0 Å². The van der Waals surface area contributed by atoms with E-state index in [-0.39, 0.29) is 6.10 Å². The summed E-state index contributed by atoms with van der Waals surface area (Å²) in [5, 5.41) is 9.97. The first-order valence-corrected chi connectivity index (χ1v) is 12.1. The third-order valence-electron chi connectivity index (χ3n) is 5.96. The van der Waals surface area contributed by atoms with Crippen LogP contribution in [-0.2, 0) is 4.74 Å². The Hall–Kier alpha value is -0.0800. The van der Waals surface area contributed by atoms with Crippen LogP contribution in [-0.4, -0.2) is 23.4 Å². The summed E-state index contributed by atoms with van der Waals surface area (Å²) in [6, 6.07) is 0. The summed E-state index contributed by atoms with van der Waals surface area (Å²) in [5.74, 6) is 0. The maximum Gasteiger partial charge on any atom is 0.0842 e. The highest BCUT2D eigenvalue weighted by Gasteiger charge is 2.37. The fraction of sp³-hybridized carbons (Fsp3) is 1.00. The van der Waals surface area contributed by atoms with E-state index in [2.05, 4.69) is 13.8 Å². The highest BCUT2D eigenvalue weighted by atomic mass is 16.6. The molecule has 0 aromatic rings. The molecule has 1 N–H and O–H groups in total. The zero-order valence-electron chi connectivity index (χ0n) is 18.0. The van der Waals surface area contributed by atoms with Crippen LogP contribution in [0.2, 0.25) is 0 Å². The number of unbranched alkanes of at least 4 members (excludes halogenated alkanes) is 13. The minimum Gasteiger partial charge on any atom is -0.393 e. The molecule has 156 valence electrons. The van der Waals surface area contributed by atoms with Crippen LogP contribution >= 0.6 is 0 Å². The topological polar surface area (TPSA) is 32.8 Å². The summed E-state index contributed by atoms with van der Waals surface area (Å²) in [7, 11) is 0. The van der Waals surface area contributed by atoms with E-state index in [0.29, 0.717) is 12.2 Å². The summed E-state index contributed by atoms with van der Waals surface area (Å²) in [6.45, 7) is 4.50. The number of hydrogen-bond donors (Lipinski definition) is 1. The van der Waals surface area contributed by atoms with Gasteiger partial charge in [0.05, 0.1) is 18.3 Å². The first-order valence-electron chi connectivity index (χ1n) is 12.1. The summed E-state index contributed by atoms with van der Waals surface area (Å²) in [4.78, 5) is 0. The molecule has 1 aliphatic rings. The van der Waals surface area contributed by atoms with Gasteiger partial charge in [0, 0.05) is 0 Å². The Morgan fingerprint density at radius 1 is 0.577 bits per heavy atom. The van der Waals surface area contributed by atoms with Gasteiger partial charge in [-0.3, -0.25) is 0 Å². The SMILES string of the molecule is CCCCCCCCCCCCCCC1OC1CCC(O)CCCCC. The van der Waals surface area contributed by atoms with E-state index >= 15 is 0 Å². The van der Waals surface area contributed by atoms with Gasteiger partial charge in [0.1, 0.15) is 0 Å². The molecule has 3 atom stereocenters. The molecule has 0 aromatic heterocycles. The van der Waals surface area contributed by atoms with Gasteiger partial charge in [0.2, 0.25) is 0 Å². The molecule has 0 bridgehead atoms. The van der Waals surface area contributed by atoms with E-state index < -0.39 is 0 Å². The molecule has 1 rings (SSSR count). The molecule has 2 heteroatoms. The highest BCUT2D eigenvalue weighted by molar-refractivity contribution is 4.85. The number of rotatable bonds is 20. The Kier molecular flexibility index (Phi) is 15.7. The molecule has 2 nitrogen and oxygen atoms in total. The van der Waals surface area contributed by atoms with Crippen LogP contribution in [0.4, 0.5) is 0 Å². The van der Waals surface area contributed by atoms with E-state index in [1.54, 1.807) is 0 Å². The molecular formula is C24H48O2. The molecule has 0 aliphatic carbocycles. The lowest BCUT2D eigenvalue weighted by Crippen LogP contribution is -2.08. The van der Waals surface area contributed by atoms with Gasteiger partial charge in [-0.2, -0.15) is 0 Å². The van der Waals surface area contributed by atoms with E-state index in [0.717, 1.165) is 19.3 Å². The van der Waals surface area contributed by atoms with Crippen LogP contribution in [0.25, 0.3) is 0 Å². The summed E-state index contributed by atoms with van der Waals surface area (Å²) >= 11 is 0. The normalized spacial score (nSPS) is 20.4. The quantitative estimate of drug-likeness (QED) is 0.177. The van der Waals surface area contributed by atoms with Crippen molar-refractivity contribution in [3.05, 3.63) is 0 Å². The van der Waals surface area contributed by atoms with Crippen molar-refractivity contribution in [1.82, 2.24) is 0 Å². The summed E-state index contributed by atoms with van der Waals surface area (Å²) in [5.41, 5.74) is 0.